The van der Waals surface area contributed by atoms with Gasteiger partial charge in [0.1, 0.15) is 12.1 Å². The molecule has 0 bridgehead atoms. The van der Waals surface area contributed by atoms with Gasteiger partial charge in [0, 0.05) is 0 Å². The molecular weight excluding hydrogens is 204 g/mol. The molecule has 0 aliphatic rings. The number of para-hydroxylation sites is 1. The molecule has 0 radical (unpaired) electrons. The zero-order valence-corrected chi connectivity index (χ0v) is 9.78. The monoisotopic (exact) mass is 220 g/mol. The molecule has 2 rings (SSSR count). The summed E-state index contributed by atoms with van der Waals surface area (Å²) >= 11 is 0. The smallest absolute Gasteiger partial charge is 0.221 e. The third-order valence-electron chi connectivity index (χ3n) is 2.12. The Balaban J connectivity index is 2.24. The number of nitrogen functional groups attached to an aromatic ring is 1. The Labute approximate surface area is 94.4 Å². The van der Waals surface area contributed by atoms with Crippen molar-refractivity contribution in [2.24, 2.45) is 0 Å². The fourth-order valence-electron chi connectivity index (χ4n) is 1.36. The van der Waals surface area contributed by atoms with Gasteiger partial charge in [-0.1, -0.05) is 6.07 Å². The number of nitrogens with two attached hydrogens (primary N) is 1. The summed E-state index contributed by atoms with van der Waals surface area (Å²) in [6, 6.07) is 5.50. The predicted octanol–water partition coefficient (Wildman–Crippen LogP) is 2.73. The van der Waals surface area contributed by atoms with Gasteiger partial charge in [-0.15, -0.1) is 0 Å². The van der Waals surface area contributed by atoms with E-state index in [1.54, 1.807) is 6.07 Å². The molecule has 0 atom stereocenters. The number of nitrogens with zero attached hydrogens (tertiary/aromatic N) is 1. The largest absolute Gasteiger partial charge is 0.438 e. The van der Waals surface area contributed by atoms with Crippen molar-refractivity contribution in [3.05, 3.63) is 24.1 Å². The maximum atomic E-state index is 5.79. The fourth-order valence-corrected chi connectivity index (χ4v) is 1.36. The van der Waals surface area contributed by atoms with Crippen LogP contribution in [0.25, 0.3) is 11.1 Å². The van der Waals surface area contributed by atoms with Gasteiger partial charge in [-0.25, -0.2) is 4.98 Å². The maximum absolute atomic E-state index is 5.79. The highest BCUT2D eigenvalue weighted by atomic mass is 16.5. The summed E-state index contributed by atoms with van der Waals surface area (Å²) in [6.45, 7) is 6.33. The highest BCUT2D eigenvalue weighted by Crippen LogP contribution is 2.22. The number of aromatic nitrogens is 1. The number of hydrogen-bond donors (Lipinski definition) is 1. The van der Waals surface area contributed by atoms with Gasteiger partial charge in [-0.05, 0) is 32.9 Å². The molecule has 0 unspecified atom stereocenters. The van der Waals surface area contributed by atoms with E-state index in [4.69, 9.17) is 14.9 Å². The van der Waals surface area contributed by atoms with Gasteiger partial charge in [0.2, 0.25) is 5.89 Å². The normalized spacial score (nSPS) is 12.2. The Morgan fingerprint density at radius 3 is 2.75 bits per heavy atom. The minimum absolute atomic E-state index is 0.202. The quantitative estimate of drug-likeness (QED) is 0.790. The number of benzene rings is 1. The van der Waals surface area contributed by atoms with Crippen LogP contribution in [0.5, 0.6) is 0 Å². The first-order valence-corrected chi connectivity index (χ1v) is 5.23. The maximum Gasteiger partial charge on any atom is 0.221 e. The van der Waals surface area contributed by atoms with E-state index in [1.807, 2.05) is 32.9 Å². The number of anilines is 1. The number of hydrogen-bond acceptors (Lipinski definition) is 4. The molecule has 2 N–H and O–H groups in total. The summed E-state index contributed by atoms with van der Waals surface area (Å²) in [4.78, 5) is 4.30. The van der Waals surface area contributed by atoms with Crippen molar-refractivity contribution < 1.29 is 9.15 Å². The van der Waals surface area contributed by atoms with Gasteiger partial charge in [0.05, 0.1) is 11.3 Å². The van der Waals surface area contributed by atoms with E-state index < -0.39 is 0 Å². The van der Waals surface area contributed by atoms with Gasteiger partial charge in [-0.2, -0.15) is 0 Å². The van der Waals surface area contributed by atoms with E-state index in [0.717, 1.165) is 0 Å². The van der Waals surface area contributed by atoms with E-state index in [0.29, 0.717) is 29.3 Å². The average molecular weight is 220 g/mol. The molecule has 0 aliphatic heterocycles. The summed E-state index contributed by atoms with van der Waals surface area (Å²) in [5.41, 5.74) is 7.62. The zero-order valence-electron chi connectivity index (χ0n) is 9.78. The van der Waals surface area contributed by atoms with Crippen molar-refractivity contribution in [1.29, 1.82) is 0 Å². The van der Waals surface area contributed by atoms with Crippen molar-refractivity contribution in [3.8, 4) is 0 Å². The van der Waals surface area contributed by atoms with Gasteiger partial charge in [0.15, 0.2) is 5.58 Å². The van der Waals surface area contributed by atoms with Crippen LogP contribution in [0.2, 0.25) is 0 Å². The molecule has 4 heteroatoms. The lowest BCUT2D eigenvalue weighted by molar-refractivity contribution is -0.0238. The highest BCUT2D eigenvalue weighted by molar-refractivity contribution is 5.85. The van der Waals surface area contributed by atoms with Crippen LogP contribution in [0.1, 0.15) is 26.7 Å². The molecule has 1 aromatic carbocycles. The van der Waals surface area contributed by atoms with Crippen LogP contribution >= 0.6 is 0 Å². The third-order valence-corrected chi connectivity index (χ3v) is 2.12. The van der Waals surface area contributed by atoms with Crippen molar-refractivity contribution in [3.63, 3.8) is 0 Å². The number of oxazole rings is 1. The molecule has 2 aromatic rings. The highest BCUT2D eigenvalue weighted by Gasteiger charge is 2.13. The molecule has 0 spiro atoms. The summed E-state index contributed by atoms with van der Waals surface area (Å²) in [6.07, 6.45) is 0. The molecular formula is C12H16N2O2. The van der Waals surface area contributed by atoms with Crippen LogP contribution in [-0.2, 0) is 11.3 Å². The lowest BCUT2D eigenvalue weighted by Crippen LogP contribution is -2.18. The van der Waals surface area contributed by atoms with Crippen LogP contribution in [0.15, 0.2) is 22.6 Å². The first-order chi connectivity index (χ1) is 7.46. The minimum Gasteiger partial charge on any atom is -0.438 e. The first-order valence-electron chi connectivity index (χ1n) is 5.23. The molecule has 0 aliphatic carbocycles. The Morgan fingerprint density at radius 1 is 1.38 bits per heavy atom. The second-order valence-corrected chi connectivity index (χ2v) is 4.70. The summed E-state index contributed by atoms with van der Waals surface area (Å²) in [7, 11) is 0. The molecule has 86 valence electrons. The van der Waals surface area contributed by atoms with E-state index >= 15 is 0 Å². The van der Waals surface area contributed by atoms with Gasteiger partial charge in [0.25, 0.3) is 0 Å². The Hall–Kier alpha value is -1.55. The Kier molecular flexibility index (Phi) is 2.59. The Morgan fingerprint density at radius 2 is 2.12 bits per heavy atom. The SMILES string of the molecule is CC(C)(C)OCc1nc2c(N)cccc2o1. The summed E-state index contributed by atoms with van der Waals surface area (Å²) in [5.74, 6) is 0.558. The lowest BCUT2D eigenvalue weighted by atomic mass is 10.2. The molecule has 0 saturated heterocycles. The second-order valence-electron chi connectivity index (χ2n) is 4.70. The van der Waals surface area contributed by atoms with Gasteiger partial charge in [-0.3, -0.25) is 0 Å². The minimum atomic E-state index is -0.202. The Bertz CT molecular complexity index is 497. The van der Waals surface area contributed by atoms with Gasteiger partial charge >= 0.3 is 0 Å². The third kappa shape index (κ3) is 2.33. The summed E-state index contributed by atoms with van der Waals surface area (Å²) in [5, 5.41) is 0. The standard InChI is InChI=1S/C12H16N2O2/c1-12(2,3)15-7-10-14-11-8(13)5-4-6-9(11)16-10/h4-6H,7,13H2,1-3H3. The van der Waals surface area contributed by atoms with Crippen molar-refractivity contribution in [2.75, 3.05) is 5.73 Å². The number of fused-ring (bicyclic) bond motifs is 1. The van der Waals surface area contributed by atoms with Gasteiger partial charge < -0.3 is 14.9 Å². The van der Waals surface area contributed by atoms with E-state index in [-0.39, 0.29) is 5.60 Å². The van der Waals surface area contributed by atoms with Crippen LogP contribution in [0.3, 0.4) is 0 Å². The predicted molar refractivity (Wildman–Crippen MR) is 63.0 cm³/mol. The van der Waals surface area contributed by atoms with E-state index in [2.05, 4.69) is 4.98 Å². The lowest BCUT2D eigenvalue weighted by Gasteiger charge is -2.17. The number of rotatable bonds is 2. The molecule has 1 heterocycles. The van der Waals surface area contributed by atoms with E-state index in [1.165, 1.54) is 0 Å². The van der Waals surface area contributed by atoms with Crippen LogP contribution in [-0.4, -0.2) is 10.6 Å². The fraction of sp³-hybridized carbons (Fsp3) is 0.417. The van der Waals surface area contributed by atoms with Crippen molar-refractivity contribution >= 4 is 16.8 Å². The second kappa shape index (κ2) is 3.79. The molecule has 0 saturated carbocycles. The molecule has 16 heavy (non-hydrogen) atoms. The topological polar surface area (TPSA) is 61.3 Å². The van der Waals surface area contributed by atoms with Crippen LogP contribution in [0.4, 0.5) is 5.69 Å². The van der Waals surface area contributed by atoms with Crippen LogP contribution in [0, 0.1) is 0 Å². The summed E-state index contributed by atoms with van der Waals surface area (Å²) < 4.78 is 11.1. The first kappa shape index (κ1) is 11.0. The van der Waals surface area contributed by atoms with Crippen molar-refractivity contribution in [2.45, 2.75) is 33.0 Å². The molecule has 4 nitrogen and oxygen atoms in total. The zero-order chi connectivity index (χ0) is 11.8. The number of ether oxygens (including phenoxy) is 1. The average Bonchev–Trinajstić information content (AvgIpc) is 2.58. The molecule has 0 amide bonds. The molecule has 1 aromatic heterocycles. The molecule has 0 fully saturated rings. The van der Waals surface area contributed by atoms with Crippen LogP contribution < -0.4 is 5.73 Å². The van der Waals surface area contributed by atoms with Crippen molar-refractivity contribution in [1.82, 2.24) is 4.98 Å². The van der Waals surface area contributed by atoms with E-state index in [9.17, 15) is 0 Å².